The molecule has 82 valence electrons. The third-order valence-electron chi connectivity index (χ3n) is 2.42. The topological polar surface area (TPSA) is 52.6 Å². The highest BCUT2D eigenvalue weighted by Gasteiger charge is 2.16. The maximum Gasteiger partial charge on any atom is 0.222 e. The summed E-state index contributed by atoms with van der Waals surface area (Å²) in [5.41, 5.74) is 0. The summed E-state index contributed by atoms with van der Waals surface area (Å²) in [6, 6.07) is 0. The number of amides is 1. The molecule has 1 saturated heterocycles. The van der Waals surface area contributed by atoms with Gasteiger partial charge in [-0.3, -0.25) is 4.79 Å². The predicted molar refractivity (Wildman–Crippen MR) is 55.0 cm³/mol. The van der Waals surface area contributed by atoms with Gasteiger partial charge in [-0.15, -0.1) is 0 Å². The van der Waals surface area contributed by atoms with Gasteiger partial charge in [0.1, 0.15) is 0 Å². The van der Waals surface area contributed by atoms with Crippen LogP contribution in [0.5, 0.6) is 0 Å². The lowest BCUT2D eigenvalue weighted by Gasteiger charge is -2.26. The Morgan fingerprint density at radius 3 is 3.00 bits per heavy atom. The summed E-state index contributed by atoms with van der Waals surface area (Å²) in [4.78, 5) is 13.3. The minimum Gasteiger partial charge on any atom is -0.392 e. The average molecular weight is 200 g/mol. The molecule has 1 amide bonds. The van der Waals surface area contributed by atoms with Crippen molar-refractivity contribution in [1.29, 1.82) is 0 Å². The molecule has 2 N–H and O–H groups in total. The summed E-state index contributed by atoms with van der Waals surface area (Å²) in [5, 5.41) is 12.1. The standard InChI is InChI=1S/C10H20N2O2/c1-9(13)8-11-5-7-12-6-3-2-4-10(12)14/h9,11,13H,2-8H2,1H3. The number of rotatable bonds is 5. The summed E-state index contributed by atoms with van der Waals surface area (Å²) >= 11 is 0. The van der Waals surface area contributed by atoms with Crippen LogP contribution in [-0.2, 0) is 4.79 Å². The van der Waals surface area contributed by atoms with E-state index < -0.39 is 0 Å². The minimum absolute atomic E-state index is 0.273. The molecule has 1 rings (SSSR count). The Bertz CT molecular complexity index is 183. The maximum absolute atomic E-state index is 11.4. The van der Waals surface area contributed by atoms with Gasteiger partial charge in [-0.25, -0.2) is 0 Å². The smallest absolute Gasteiger partial charge is 0.222 e. The van der Waals surface area contributed by atoms with Gasteiger partial charge in [0.15, 0.2) is 0 Å². The van der Waals surface area contributed by atoms with E-state index in [4.69, 9.17) is 5.11 Å². The van der Waals surface area contributed by atoms with E-state index in [9.17, 15) is 4.79 Å². The van der Waals surface area contributed by atoms with Crippen molar-refractivity contribution < 1.29 is 9.90 Å². The lowest BCUT2D eigenvalue weighted by Crippen LogP contribution is -2.40. The lowest BCUT2D eigenvalue weighted by atomic mass is 10.1. The summed E-state index contributed by atoms with van der Waals surface area (Å²) in [6.45, 7) is 4.79. The van der Waals surface area contributed by atoms with Crippen LogP contribution < -0.4 is 5.32 Å². The number of nitrogens with one attached hydrogen (secondary N) is 1. The number of hydrogen-bond acceptors (Lipinski definition) is 3. The predicted octanol–water partition coefficient (Wildman–Crippen LogP) is -0.0307. The molecular weight excluding hydrogens is 180 g/mol. The molecule has 0 aliphatic carbocycles. The van der Waals surface area contributed by atoms with Crippen molar-refractivity contribution >= 4 is 5.91 Å². The number of carbonyl (C=O) groups excluding carboxylic acids is 1. The fourth-order valence-electron chi connectivity index (χ4n) is 1.62. The zero-order valence-electron chi connectivity index (χ0n) is 8.83. The molecule has 0 saturated carbocycles. The number of nitrogens with zero attached hydrogens (tertiary/aromatic N) is 1. The number of likely N-dealkylation sites (tertiary alicyclic amines) is 1. The second kappa shape index (κ2) is 5.98. The van der Waals surface area contributed by atoms with E-state index >= 15 is 0 Å². The van der Waals surface area contributed by atoms with Gasteiger partial charge in [-0.2, -0.15) is 0 Å². The van der Waals surface area contributed by atoms with Crippen LogP contribution in [-0.4, -0.2) is 48.2 Å². The van der Waals surface area contributed by atoms with Crippen molar-refractivity contribution in [3.8, 4) is 0 Å². The molecule has 4 nitrogen and oxygen atoms in total. The van der Waals surface area contributed by atoms with Crippen LogP contribution in [0.1, 0.15) is 26.2 Å². The average Bonchev–Trinajstić information content (AvgIpc) is 2.15. The molecule has 0 spiro atoms. The monoisotopic (exact) mass is 200 g/mol. The Balaban J connectivity index is 2.07. The van der Waals surface area contributed by atoms with Gasteiger partial charge in [-0.1, -0.05) is 0 Å². The zero-order valence-corrected chi connectivity index (χ0v) is 8.83. The quantitative estimate of drug-likeness (QED) is 0.613. The van der Waals surface area contributed by atoms with E-state index in [-0.39, 0.29) is 12.0 Å². The van der Waals surface area contributed by atoms with Crippen LogP contribution in [0.4, 0.5) is 0 Å². The summed E-state index contributed by atoms with van der Waals surface area (Å²) < 4.78 is 0. The largest absolute Gasteiger partial charge is 0.392 e. The minimum atomic E-state index is -0.313. The molecule has 0 bridgehead atoms. The van der Waals surface area contributed by atoms with Crippen LogP contribution in [0.2, 0.25) is 0 Å². The van der Waals surface area contributed by atoms with Crippen LogP contribution in [0.15, 0.2) is 0 Å². The Morgan fingerprint density at radius 2 is 2.36 bits per heavy atom. The molecule has 0 aromatic rings. The van der Waals surface area contributed by atoms with E-state index in [0.717, 1.165) is 32.5 Å². The molecule has 1 unspecified atom stereocenters. The second-order valence-corrected chi connectivity index (χ2v) is 3.89. The highest BCUT2D eigenvalue weighted by molar-refractivity contribution is 5.76. The molecule has 1 fully saturated rings. The highest BCUT2D eigenvalue weighted by Crippen LogP contribution is 2.09. The first kappa shape index (κ1) is 11.5. The van der Waals surface area contributed by atoms with Gasteiger partial charge in [0.05, 0.1) is 6.10 Å². The van der Waals surface area contributed by atoms with Crippen molar-refractivity contribution in [2.75, 3.05) is 26.2 Å². The van der Waals surface area contributed by atoms with Crippen LogP contribution in [0.3, 0.4) is 0 Å². The first-order valence-electron chi connectivity index (χ1n) is 5.36. The SMILES string of the molecule is CC(O)CNCCN1CCCCC1=O. The number of piperidine rings is 1. The zero-order chi connectivity index (χ0) is 10.4. The van der Waals surface area contributed by atoms with Gasteiger partial charge in [0.25, 0.3) is 0 Å². The molecule has 0 radical (unpaired) electrons. The summed E-state index contributed by atoms with van der Waals surface area (Å²) in [7, 11) is 0. The Hall–Kier alpha value is -0.610. The summed E-state index contributed by atoms with van der Waals surface area (Å²) in [5.74, 6) is 0.273. The van der Waals surface area contributed by atoms with Crippen molar-refractivity contribution in [3.63, 3.8) is 0 Å². The van der Waals surface area contributed by atoms with Gasteiger partial charge < -0.3 is 15.3 Å². The highest BCUT2D eigenvalue weighted by atomic mass is 16.3. The molecule has 0 aromatic carbocycles. The molecule has 0 aromatic heterocycles. The fraction of sp³-hybridized carbons (Fsp3) is 0.900. The molecule has 1 aliphatic rings. The molecular formula is C10H20N2O2. The van der Waals surface area contributed by atoms with Crippen LogP contribution in [0, 0.1) is 0 Å². The Morgan fingerprint density at radius 1 is 1.57 bits per heavy atom. The van der Waals surface area contributed by atoms with Crippen LogP contribution >= 0.6 is 0 Å². The van der Waals surface area contributed by atoms with E-state index in [1.165, 1.54) is 0 Å². The van der Waals surface area contributed by atoms with Crippen molar-refractivity contribution in [2.45, 2.75) is 32.3 Å². The number of aliphatic hydroxyl groups is 1. The number of aliphatic hydroxyl groups excluding tert-OH is 1. The summed E-state index contributed by atoms with van der Waals surface area (Å²) in [6.07, 6.45) is 2.56. The Labute approximate surface area is 85.3 Å². The molecule has 1 atom stereocenters. The first-order chi connectivity index (χ1) is 6.70. The Kier molecular flexibility index (Phi) is 4.90. The van der Waals surface area contributed by atoms with E-state index in [1.807, 2.05) is 4.90 Å². The number of carbonyl (C=O) groups is 1. The lowest BCUT2D eigenvalue weighted by molar-refractivity contribution is -0.133. The van der Waals surface area contributed by atoms with Crippen LogP contribution in [0.25, 0.3) is 0 Å². The third-order valence-corrected chi connectivity index (χ3v) is 2.42. The van der Waals surface area contributed by atoms with Gasteiger partial charge in [-0.05, 0) is 19.8 Å². The van der Waals surface area contributed by atoms with Crippen molar-refractivity contribution in [3.05, 3.63) is 0 Å². The van der Waals surface area contributed by atoms with E-state index in [1.54, 1.807) is 6.92 Å². The normalized spacial score (nSPS) is 19.9. The number of hydrogen-bond donors (Lipinski definition) is 2. The molecule has 1 heterocycles. The first-order valence-corrected chi connectivity index (χ1v) is 5.36. The maximum atomic E-state index is 11.4. The van der Waals surface area contributed by atoms with Gasteiger partial charge >= 0.3 is 0 Å². The molecule has 1 aliphatic heterocycles. The van der Waals surface area contributed by atoms with E-state index in [2.05, 4.69) is 5.32 Å². The fourth-order valence-corrected chi connectivity index (χ4v) is 1.62. The molecule has 4 heteroatoms. The van der Waals surface area contributed by atoms with Crippen molar-refractivity contribution in [1.82, 2.24) is 10.2 Å². The molecule has 14 heavy (non-hydrogen) atoms. The van der Waals surface area contributed by atoms with Gasteiger partial charge in [0, 0.05) is 32.6 Å². The van der Waals surface area contributed by atoms with E-state index in [0.29, 0.717) is 13.0 Å². The second-order valence-electron chi connectivity index (χ2n) is 3.89. The van der Waals surface area contributed by atoms with Gasteiger partial charge in [0.2, 0.25) is 5.91 Å². The third kappa shape index (κ3) is 4.07. The van der Waals surface area contributed by atoms with Crippen molar-refractivity contribution in [2.24, 2.45) is 0 Å².